The van der Waals surface area contributed by atoms with E-state index in [4.69, 9.17) is 9.47 Å². The molecule has 0 atom stereocenters. The highest BCUT2D eigenvalue weighted by molar-refractivity contribution is 7.97. The smallest absolute Gasteiger partial charge is 0.270 e. The lowest BCUT2D eigenvalue weighted by Crippen LogP contribution is -2.41. The lowest BCUT2D eigenvalue weighted by atomic mass is 9.98. The van der Waals surface area contributed by atoms with Crippen molar-refractivity contribution in [3.05, 3.63) is 130 Å². The average Bonchev–Trinajstić information content (AvgIpc) is 2.98. The molecule has 1 N–H and O–H groups in total. The maximum absolute atomic E-state index is 14.3. The Kier molecular flexibility index (Phi) is 7.62. The van der Waals surface area contributed by atoms with Crippen molar-refractivity contribution in [1.82, 2.24) is 5.32 Å². The predicted octanol–water partition coefficient (Wildman–Crippen LogP) is 5.69. The number of anilines is 1. The molecule has 5 rings (SSSR count). The Balaban J connectivity index is 1.65. The van der Waals surface area contributed by atoms with E-state index in [9.17, 15) is 13.2 Å². The van der Waals surface area contributed by atoms with Crippen molar-refractivity contribution in [2.45, 2.75) is 19.5 Å². The van der Waals surface area contributed by atoms with Gasteiger partial charge in [0.15, 0.2) is 16.4 Å². The standard InChI is InChI=1S/C32H30N2O5S/c1-22-26-19-28(38-2)29(39-3)20-27(26)34(21-23-13-7-4-8-14-23)40(36,37)31(22)32(35)33-30(24-15-9-5-10-16-24)25-17-11-6-12-18-25/h4-20,30H,21H2,1-3H3,(H,33,35). The molecule has 0 saturated heterocycles. The van der Waals surface area contributed by atoms with E-state index in [-0.39, 0.29) is 11.4 Å². The highest BCUT2D eigenvalue weighted by Crippen LogP contribution is 2.45. The molecule has 0 spiro atoms. The van der Waals surface area contributed by atoms with Gasteiger partial charge in [-0.2, -0.15) is 0 Å². The van der Waals surface area contributed by atoms with Crippen molar-refractivity contribution in [2.24, 2.45) is 0 Å². The van der Waals surface area contributed by atoms with Gasteiger partial charge in [-0.1, -0.05) is 91.0 Å². The molecule has 4 aromatic rings. The number of nitrogens with zero attached hydrogens (tertiary/aromatic N) is 1. The topological polar surface area (TPSA) is 84.9 Å². The van der Waals surface area contributed by atoms with E-state index in [1.165, 1.54) is 18.5 Å². The van der Waals surface area contributed by atoms with Crippen LogP contribution in [0.2, 0.25) is 0 Å². The summed E-state index contributed by atoms with van der Waals surface area (Å²) in [5.41, 5.74) is 3.76. The Morgan fingerprint density at radius 3 is 1.82 bits per heavy atom. The van der Waals surface area contributed by atoms with E-state index in [1.807, 2.05) is 91.0 Å². The SMILES string of the molecule is COc1cc2c(cc1OC)N(Cc1ccccc1)S(=O)(=O)C(C(=O)NC(c1ccccc1)c1ccccc1)=C2C. The fourth-order valence-corrected chi connectivity index (χ4v) is 6.72. The van der Waals surface area contributed by atoms with Crippen LogP contribution in [-0.4, -0.2) is 28.5 Å². The van der Waals surface area contributed by atoms with Crippen molar-refractivity contribution >= 4 is 27.2 Å². The van der Waals surface area contributed by atoms with Gasteiger partial charge in [0.25, 0.3) is 15.9 Å². The van der Waals surface area contributed by atoms with Crippen molar-refractivity contribution in [3.63, 3.8) is 0 Å². The third-order valence-electron chi connectivity index (χ3n) is 6.98. The Hall–Kier alpha value is -4.56. The zero-order chi connectivity index (χ0) is 28.3. The van der Waals surface area contributed by atoms with Crippen LogP contribution in [0.3, 0.4) is 0 Å². The molecular formula is C32H30N2O5S. The summed E-state index contributed by atoms with van der Waals surface area (Å²) in [5, 5.41) is 3.01. The number of sulfonamides is 1. The predicted molar refractivity (Wildman–Crippen MR) is 157 cm³/mol. The number of carbonyl (C=O) groups is 1. The van der Waals surface area contributed by atoms with Gasteiger partial charge in [0.05, 0.1) is 32.5 Å². The number of hydrogen-bond donors (Lipinski definition) is 1. The molecule has 1 heterocycles. The molecule has 8 heteroatoms. The summed E-state index contributed by atoms with van der Waals surface area (Å²) in [6.07, 6.45) is 0. The summed E-state index contributed by atoms with van der Waals surface area (Å²) >= 11 is 0. The number of carbonyl (C=O) groups excluding carboxylic acids is 1. The van der Waals surface area contributed by atoms with Gasteiger partial charge in [0.2, 0.25) is 0 Å². The number of allylic oxidation sites excluding steroid dienone is 1. The monoisotopic (exact) mass is 554 g/mol. The molecule has 40 heavy (non-hydrogen) atoms. The summed E-state index contributed by atoms with van der Waals surface area (Å²) in [7, 11) is -1.26. The molecule has 0 unspecified atom stereocenters. The minimum absolute atomic E-state index is 0.0382. The molecule has 1 aliphatic rings. The van der Waals surface area contributed by atoms with Crippen LogP contribution in [0.4, 0.5) is 5.69 Å². The highest BCUT2D eigenvalue weighted by Gasteiger charge is 2.41. The Bertz CT molecular complexity index is 1610. The Labute approximate surface area is 234 Å². The maximum Gasteiger partial charge on any atom is 0.270 e. The first-order valence-corrected chi connectivity index (χ1v) is 14.2. The van der Waals surface area contributed by atoms with E-state index in [2.05, 4.69) is 5.32 Å². The molecule has 7 nitrogen and oxygen atoms in total. The number of benzene rings is 4. The van der Waals surface area contributed by atoms with Crippen molar-refractivity contribution in [2.75, 3.05) is 18.5 Å². The average molecular weight is 555 g/mol. The lowest BCUT2D eigenvalue weighted by Gasteiger charge is -2.33. The van der Waals surface area contributed by atoms with Crippen LogP contribution in [0.15, 0.2) is 108 Å². The van der Waals surface area contributed by atoms with Crippen molar-refractivity contribution < 1.29 is 22.7 Å². The second-order valence-corrected chi connectivity index (χ2v) is 11.2. The van der Waals surface area contributed by atoms with Crippen LogP contribution in [0, 0.1) is 0 Å². The van der Waals surface area contributed by atoms with Crippen LogP contribution >= 0.6 is 0 Å². The van der Waals surface area contributed by atoms with Crippen molar-refractivity contribution in [3.8, 4) is 11.5 Å². The van der Waals surface area contributed by atoms with Crippen LogP contribution < -0.4 is 19.1 Å². The molecule has 0 fully saturated rings. The normalized spacial score (nSPS) is 14.1. The fraction of sp³-hybridized carbons (Fsp3) is 0.156. The summed E-state index contributed by atoms with van der Waals surface area (Å²) in [6.45, 7) is 1.69. The largest absolute Gasteiger partial charge is 0.493 e. The molecule has 1 amide bonds. The quantitative estimate of drug-likeness (QED) is 0.303. The van der Waals surface area contributed by atoms with Gasteiger partial charge >= 0.3 is 0 Å². The molecule has 4 aromatic carbocycles. The number of hydrogen-bond acceptors (Lipinski definition) is 5. The van der Waals surface area contributed by atoms with Gasteiger partial charge in [-0.25, -0.2) is 8.42 Å². The van der Waals surface area contributed by atoms with E-state index < -0.39 is 22.0 Å². The van der Waals surface area contributed by atoms with Crippen LogP contribution in [0.1, 0.15) is 35.2 Å². The molecule has 0 radical (unpaired) electrons. The highest BCUT2D eigenvalue weighted by atomic mass is 32.2. The summed E-state index contributed by atoms with van der Waals surface area (Å²) in [5.74, 6) is 0.142. The maximum atomic E-state index is 14.3. The number of nitrogens with one attached hydrogen (secondary N) is 1. The summed E-state index contributed by atoms with van der Waals surface area (Å²) in [6, 6.07) is 31.0. The first-order valence-electron chi connectivity index (χ1n) is 12.8. The number of methoxy groups -OCH3 is 2. The van der Waals surface area contributed by atoms with E-state index >= 15 is 0 Å². The fourth-order valence-electron chi connectivity index (χ4n) is 4.98. The summed E-state index contributed by atoms with van der Waals surface area (Å²) in [4.78, 5) is 13.7. The minimum Gasteiger partial charge on any atom is -0.493 e. The van der Waals surface area contributed by atoms with Crippen LogP contribution in [-0.2, 0) is 21.4 Å². The van der Waals surface area contributed by atoms with Gasteiger partial charge in [-0.15, -0.1) is 0 Å². The number of amides is 1. The molecule has 204 valence electrons. The molecular weight excluding hydrogens is 524 g/mol. The number of rotatable bonds is 8. The van der Waals surface area contributed by atoms with Gasteiger partial charge in [0, 0.05) is 11.6 Å². The van der Waals surface area contributed by atoms with Gasteiger partial charge in [0.1, 0.15) is 0 Å². The van der Waals surface area contributed by atoms with E-state index in [0.717, 1.165) is 16.7 Å². The molecule has 0 bridgehead atoms. The minimum atomic E-state index is -4.27. The van der Waals surface area contributed by atoms with E-state index in [1.54, 1.807) is 19.1 Å². The zero-order valence-electron chi connectivity index (χ0n) is 22.5. The van der Waals surface area contributed by atoms with E-state index in [0.29, 0.717) is 28.3 Å². The zero-order valence-corrected chi connectivity index (χ0v) is 23.3. The first-order chi connectivity index (χ1) is 19.3. The lowest BCUT2D eigenvalue weighted by molar-refractivity contribution is -0.117. The van der Waals surface area contributed by atoms with Gasteiger partial charge in [-0.05, 0) is 35.3 Å². The molecule has 0 saturated carbocycles. The molecule has 0 aromatic heterocycles. The second-order valence-electron chi connectivity index (χ2n) is 9.40. The number of fused-ring (bicyclic) bond motifs is 1. The van der Waals surface area contributed by atoms with Crippen molar-refractivity contribution in [1.29, 1.82) is 0 Å². The van der Waals surface area contributed by atoms with Crippen LogP contribution in [0.5, 0.6) is 11.5 Å². The Morgan fingerprint density at radius 2 is 1.30 bits per heavy atom. The first kappa shape index (κ1) is 27.0. The molecule has 1 aliphatic heterocycles. The third-order valence-corrected chi connectivity index (χ3v) is 8.89. The third kappa shape index (κ3) is 5.05. The van der Waals surface area contributed by atoms with Gasteiger partial charge < -0.3 is 14.8 Å². The van der Waals surface area contributed by atoms with Gasteiger partial charge in [-0.3, -0.25) is 9.10 Å². The second kappa shape index (κ2) is 11.3. The summed E-state index contributed by atoms with van der Waals surface area (Å²) < 4.78 is 40.8. The number of ether oxygens (including phenoxy) is 2. The molecule has 0 aliphatic carbocycles. The van der Waals surface area contributed by atoms with Crippen LogP contribution in [0.25, 0.3) is 5.57 Å². The Morgan fingerprint density at radius 1 is 0.800 bits per heavy atom.